The van der Waals surface area contributed by atoms with E-state index in [9.17, 15) is 14.4 Å². The summed E-state index contributed by atoms with van der Waals surface area (Å²) in [4.78, 5) is 43.2. The standard InChI is InChI=1S/C20H22N4O3/c1-13-6-2-3-10-20(13)18(26)24(19(27)23-20)12-16(25)22-15-9-4-7-14-8-5-11-21-17(14)15/h4-5,7-9,11,13H,2-3,6,10,12H2,1H3,(H,22,25)(H,23,27)/t13-,20-/m0/s1. The summed E-state index contributed by atoms with van der Waals surface area (Å²) in [6, 6.07) is 8.73. The monoisotopic (exact) mass is 366 g/mol. The predicted octanol–water partition coefficient (Wildman–Crippen LogP) is 2.67. The van der Waals surface area contributed by atoms with Gasteiger partial charge in [0.15, 0.2) is 0 Å². The lowest BCUT2D eigenvalue weighted by Gasteiger charge is -2.36. The van der Waals surface area contributed by atoms with Crippen LogP contribution in [0.1, 0.15) is 32.6 Å². The second-order valence-electron chi connectivity index (χ2n) is 7.37. The molecule has 4 amide bonds. The van der Waals surface area contributed by atoms with Gasteiger partial charge in [-0.2, -0.15) is 0 Å². The van der Waals surface area contributed by atoms with Crippen LogP contribution in [0.15, 0.2) is 36.5 Å². The van der Waals surface area contributed by atoms with Crippen molar-refractivity contribution in [3.8, 4) is 0 Å². The first-order chi connectivity index (χ1) is 13.0. The number of urea groups is 1. The van der Waals surface area contributed by atoms with Crippen molar-refractivity contribution in [3.05, 3.63) is 36.5 Å². The van der Waals surface area contributed by atoms with Crippen LogP contribution >= 0.6 is 0 Å². The number of rotatable bonds is 3. The topological polar surface area (TPSA) is 91.4 Å². The normalized spacial score (nSPS) is 25.1. The number of benzene rings is 1. The minimum atomic E-state index is -0.851. The molecule has 140 valence electrons. The molecule has 1 aliphatic heterocycles. The van der Waals surface area contributed by atoms with E-state index in [1.807, 2.05) is 31.2 Å². The lowest BCUT2D eigenvalue weighted by Crippen LogP contribution is -2.54. The second kappa shape index (κ2) is 6.64. The Balaban J connectivity index is 1.51. The van der Waals surface area contributed by atoms with Gasteiger partial charge in [0.2, 0.25) is 5.91 Å². The van der Waals surface area contributed by atoms with Crippen molar-refractivity contribution in [1.82, 2.24) is 15.2 Å². The smallest absolute Gasteiger partial charge is 0.323 e. The Morgan fingerprint density at radius 3 is 2.93 bits per heavy atom. The van der Waals surface area contributed by atoms with Gasteiger partial charge in [0.25, 0.3) is 5.91 Å². The van der Waals surface area contributed by atoms with Crippen LogP contribution in [0.2, 0.25) is 0 Å². The summed E-state index contributed by atoms with van der Waals surface area (Å²) in [6.07, 6.45) is 5.14. The quantitative estimate of drug-likeness (QED) is 0.817. The zero-order valence-corrected chi connectivity index (χ0v) is 15.2. The molecule has 2 aromatic rings. The Bertz CT molecular complexity index is 923. The van der Waals surface area contributed by atoms with E-state index >= 15 is 0 Å². The third-order valence-electron chi connectivity index (χ3n) is 5.71. The first-order valence-electron chi connectivity index (χ1n) is 9.29. The van der Waals surface area contributed by atoms with E-state index in [-0.39, 0.29) is 18.4 Å². The molecular weight excluding hydrogens is 344 g/mol. The van der Waals surface area contributed by atoms with E-state index in [0.717, 1.165) is 29.5 Å². The minimum absolute atomic E-state index is 0.0676. The van der Waals surface area contributed by atoms with Crippen LogP contribution in [0.4, 0.5) is 10.5 Å². The average molecular weight is 366 g/mol. The molecule has 0 unspecified atom stereocenters. The Kier molecular flexibility index (Phi) is 4.30. The van der Waals surface area contributed by atoms with Crippen LogP contribution in [0.3, 0.4) is 0 Å². The molecule has 0 radical (unpaired) electrons. The largest absolute Gasteiger partial charge is 0.325 e. The van der Waals surface area contributed by atoms with Crippen LogP contribution in [0, 0.1) is 5.92 Å². The molecular formula is C20H22N4O3. The van der Waals surface area contributed by atoms with Crippen molar-refractivity contribution in [2.24, 2.45) is 5.92 Å². The van der Waals surface area contributed by atoms with Crippen LogP contribution in [0.25, 0.3) is 10.9 Å². The van der Waals surface area contributed by atoms with Crippen LogP contribution < -0.4 is 10.6 Å². The highest BCUT2D eigenvalue weighted by molar-refractivity contribution is 6.11. The van der Waals surface area contributed by atoms with Gasteiger partial charge in [0.05, 0.1) is 11.2 Å². The maximum atomic E-state index is 13.0. The van der Waals surface area contributed by atoms with Crippen LogP contribution in [-0.4, -0.2) is 39.8 Å². The molecule has 1 aliphatic carbocycles. The maximum Gasteiger partial charge on any atom is 0.325 e. The first-order valence-corrected chi connectivity index (χ1v) is 9.29. The molecule has 27 heavy (non-hydrogen) atoms. The number of nitrogens with zero attached hydrogens (tertiary/aromatic N) is 2. The molecule has 1 spiro atoms. The van der Waals surface area contributed by atoms with Gasteiger partial charge in [-0.15, -0.1) is 0 Å². The fourth-order valence-electron chi connectivity index (χ4n) is 4.18. The number of amides is 4. The minimum Gasteiger partial charge on any atom is -0.323 e. The zero-order valence-electron chi connectivity index (χ0n) is 15.2. The van der Waals surface area contributed by atoms with Crippen molar-refractivity contribution >= 4 is 34.4 Å². The number of para-hydroxylation sites is 1. The summed E-state index contributed by atoms with van der Waals surface area (Å²) in [5.41, 5.74) is 0.380. The molecule has 0 bridgehead atoms. The van der Waals surface area contributed by atoms with E-state index < -0.39 is 17.5 Å². The van der Waals surface area contributed by atoms with Crippen molar-refractivity contribution in [3.63, 3.8) is 0 Å². The number of fused-ring (bicyclic) bond motifs is 1. The molecule has 2 atom stereocenters. The van der Waals surface area contributed by atoms with E-state index in [4.69, 9.17) is 0 Å². The van der Waals surface area contributed by atoms with E-state index in [1.54, 1.807) is 12.3 Å². The Morgan fingerprint density at radius 2 is 2.11 bits per heavy atom. The zero-order chi connectivity index (χ0) is 19.0. The SMILES string of the molecule is C[C@H]1CCCC[C@]12NC(=O)N(CC(=O)Nc1cccc3cccnc13)C2=O. The third-order valence-corrected chi connectivity index (χ3v) is 5.71. The maximum absolute atomic E-state index is 13.0. The molecule has 7 heteroatoms. The van der Waals surface area contributed by atoms with Gasteiger partial charge in [-0.3, -0.25) is 19.5 Å². The number of aromatic nitrogens is 1. The molecule has 2 fully saturated rings. The molecule has 2 heterocycles. The summed E-state index contributed by atoms with van der Waals surface area (Å²) in [5.74, 6) is -0.638. The summed E-state index contributed by atoms with van der Waals surface area (Å²) < 4.78 is 0. The second-order valence-corrected chi connectivity index (χ2v) is 7.37. The number of carbonyl (C=O) groups is 3. The Hall–Kier alpha value is -2.96. The number of nitrogens with one attached hydrogen (secondary N) is 2. The molecule has 7 nitrogen and oxygen atoms in total. The molecule has 1 aromatic heterocycles. The van der Waals surface area contributed by atoms with Crippen molar-refractivity contribution < 1.29 is 14.4 Å². The molecule has 2 aliphatic rings. The van der Waals surface area contributed by atoms with Crippen molar-refractivity contribution in [1.29, 1.82) is 0 Å². The summed E-state index contributed by atoms with van der Waals surface area (Å²) in [7, 11) is 0. The first kappa shape index (κ1) is 17.5. The lowest BCUT2D eigenvalue weighted by atomic mass is 9.73. The van der Waals surface area contributed by atoms with Gasteiger partial charge < -0.3 is 10.6 Å². The van der Waals surface area contributed by atoms with Gasteiger partial charge in [0.1, 0.15) is 12.1 Å². The van der Waals surface area contributed by atoms with Crippen LogP contribution in [0.5, 0.6) is 0 Å². The van der Waals surface area contributed by atoms with Crippen LogP contribution in [-0.2, 0) is 9.59 Å². The fourth-order valence-corrected chi connectivity index (χ4v) is 4.18. The van der Waals surface area contributed by atoms with Gasteiger partial charge in [-0.1, -0.05) is 38.0 Å². The van der Waals surface area contributed by atoms with Gasteiger partial charge in [0, 0.05) is 11.6 Å². The number of anilines is 1. The summed E-state index contributed by atoms with van der Waals surface area (Å²) in [6.45, 7) is 1.69. The average Bonchev–Trinajstić information content (AvgIpc) is 2.89. The lowest BCUT2D eigenvalue weighted by molar-refractivity contribution is -0.136. The third kappa shape index (κ3) is 2.93. The number of pyridine rings is 1. The van der Waals surface area contributed by atoms with Gasteiger partial charge in [-0.05, 0) is 30.9 Å². The fraction of sp³-hybridized carbons (Fsp3) is 0.400. The number of hydrogen-bond donors (Lipinski definition) is 2. The number of imide groups is 1. The number of carbonyl (C=O) groups excluding carboxylic acids is 3. The van der Waals surface area contributed by atoms with Crippen molar-refractivity contribution in [2.45, 2.75) is 38.1 Å². The molecule has 1 saturated heterocycles. The number of hydrogen-bond acceptors (Lipinski definition) is 4. The highest BCUT2D eigenvalue weighted by Crippen LogP contribution is 2.38. The molecule has 4 rings (SSSR count). The molecule has 1 saturated carbocycles. The summed E-state index contributed by atoms with van der Waals surface area (Å²) >= 11 is 0. The summed E-state index contributed by atoms with van der Waals surface area (Å²) in [5, 5.41) is 6.55. The van der Waals surface area contributed by atoms with Crippen molar-refractivity contribution in [2.75, 3.05) is 11.9 Å². The Morgan fingerprint density at radius 1 is 1.30 bits per heavy atom. The predicted molar refractivity (Wildman–Crippen MR) is 101 cm³/mol. The van der Waals surface area contributed by atoms with E-state index in [0.29, 0.717) is 17.6 Å². The highest BCUT2D eigenvalue weighted by Gasteiger charge is 2.55. The van der Waals surface area contributed by atoms with E-state index in [2.05, 4.69) is 15.6 Å². The Labute approximate surface area is 157 Å². The van der Waals surface area contributed by atoms with Gasteiger partial charge in [-0.25, -0.2) is 4.79 Å². The highest BCUT2D eigenvalue weighted by atomic mass is 16.2. The van der Waals surface area contributed by atoms with E-state index in [1.165, 1.54) is 0 Å². The molecule has 1 aromatic carbocycles. The molecule has 2 N–H and O–H groups in total. The van der Waals surface area contributed by atoms with Gasteiger partial charge >= 0.3 is 6.03 Å².